The number of carbonyl (C=O) groups is 1. The first-order chi connectivity index (χ1) is 15.5. The number of aromatic amines is 1. The van der Waals surface area contributed by atoms with E-state index in [-0.39, 0.29) is 23.8 Å². The molecule has 1 aliphatic heterocycles. The Hall–Kier alpha value is -3.04. The Labute approximate surface area is 187 Å². The van der Waals surface area contributed by atoms with Crippen LogP contribution in [0, 0.1) is 0 Å². The maximum atomic E-state index is 12.5. The van der Waals surface area contributed by atoms with Gasteiger partial charge in [-0.1, -0.05) is 18.2 Å². The second-order valence-corrected chi connectivity index (χ2v) is 9.39. The van der Waals surface area contributed by atoms with Gasteiger partial charge in [0.1, 0.15) is 0 Å². The molecule has 0 saturated heterocycles. The van der Waals surface area contributed by atoms with Crippen LogP contribution >= 0.6 is 0 Å². The number of hydrogen-bond acceptors (Lipinski definition) is 5. The molecule has 0 fully saturated rings. The molecule has 0 atom stereocenters. The maximum absolute atomic E-state index is 12.5. The molecule has 0 radical (unpaired) electrons. The third kappa shape index (κ3) is 5.41. The highest BCUT2D eigenvalue weighted by Crippen LogP contribution is 2.31. The zero-order valence-corrected chi connectivity index (χ0v) is 18.5. The van der Waals surface area contributed by atoms with Crippen LogP contribution in [0.25, 0.3) is 10.9 Å². The van der Waals surface area contributed by atoms with E-state index in [0.717, 1.165) is 29.3 Å². The second-order valence-electron chi connectivity index (χ2n) is 7.62. The first-order valence-electron chi connectivity index (χ1n) is 10.7. The molecule has 3 aromatic rings. The first kappa shape index (κ1) is 22.2. The summed E-state index contributed by atoms with van der Waals surface area (Å²) in [7, 11) is -3.69. The predicted octanol–water partition coefficient (Wildman–Crippen LogP) is 2.75. The summed E-state index contributed by atoms with van der Waals surface area (Å²) in [6.45, 7) is 1.73. The summed E-state index contributed by atoms with van der Waals surface area (Å²) in [5.74, 6) is 0.880. The number of hydrogen-bond donors (Lipinski definition) is 3. The van der Waals surface area contributed by atoms with E-state index in [9.17, 15) is 13.2 Å². The monoisotopic (exact) mass is 457 g/mol. The van der Waals surface area contributed by atoms with Gasteiger partial charge < -0.3 is 19.8 Å². The van der Waals surface area contributed by atoms with Crippen LogP contribution in [0.4, 0.5) is 0 Å². The van der Waals surface area contributed by atoms with E-state index in [1.807, 2.05) is 24.4 Å². The fourth-order valence-electron chi connectivity index (χ4n) is 3.61. The Morgan fingerprint density at radius 3 is 2.72 bits per heavy atom. The highest BCUT2D eigenvalue weighted by atomic mass is 32.2. The molecular formula is C23H27N3O5S. The van der Waals surface area contributed by atoms with Gasteiger partial charge >= 0.3 is 0 Å². The van der Waals surface area contributed by atoms with Crippen molar-refractivity contribution in [3.8, 4) is 11.5 Å². The van der Waals surface area contributed by atoms with Crippen molar-refractivity contribution in [3.63, 3.8) is 0 Å². The molecule has 0 spiro atoms. The van der Waals surface area contributed by atoms with Crippen LogP contribution in [0.1, 0.15) is 24.8 Å². The van der Waals surface area contributed by atoms with Crippen molar-refractivity contribution in [2.75, 3.05) is 26.3 Å². The summed E-state index contributed by atoms with van der Waals surface area (Å²) in [6, 6.07) is 12.6. The van der Waals surface area contributed by atoms with Crippen molar-refractivity contribution in [3.05, 3.63) is 54.2 Å². The first-order valence-corrected chi connectivity index (χ1v) is 12.2. The zero-order valence-electron chi connectivity index (χ0n) is 17.7. The minimum absolute atomic E-state index is 0.0976. The van der Waals surface area contributed by atoms with Gasteiger partial charge in [0.15, 0.2) is 11.5 Å². The molecule has 8 nitrogen and oxygen atoms in total. The number of sulfonamides is 1. The minimum atomic E-state index is -3.69. The second kappa shape index (κ2) is 10.1. The molecule has 0 bridgehead atoms. The topological polar surface area (TPSA) is 110 Å². The lowest BCUT2D eigenvalue weighted by Crippen LogP contribution is -2.28. The molecule has 2 heterocycles. The summed E-state index contributed by atoms with van der Waals surface area (Å²) in [4.78, 5) is 15.4. The van der Waals surface area contributed by atoms with Crippen molar-refractivity contribution in [1.82, 2.24) is 15.0 Å². The van der Waals surface area contributed by atoms with Gasteiger partial charge in [0.05, 0.1) is 18.1 Å². The standard InChI is InChI=1S/C23H27N3O5S/c27-23(24-12-10-17-16-25-20-6-2-1-5-19(17)20)7-3-11-26-32(28,29)18-8-9-21-22(15-18)31-14-4-13-30-21/h1-2,5-6,8-9,15-16,25-26H,3-4,7,10-14H2,(H,24,27). The van der Waals surface area contributed by atoms with Crippen molar-refractivity contribution in [1.29, 1.82) is 0 Å². The summed E-state index contributed by atoms with van der Waals surface area (Å²) >= 11 is 0. The Balaban J connectivity index is 1.20. The van der Waals surface area contributed by atoms with Crippen LogP contribution in [0.2, 0.25) is 0 Å². The SMILES string of the molecule is O=C(CCCNS(=O)(=O)c1ccc2c(c1)OCCCO2)NCCc1c[nH]c2ccccc12. The summed E-state index contributed by atoms with van der Waals surface area (Å²) in [5.41, 5.74) is 2.23. The number of rotatable bonds is 9. The van der Waals surface area contributed by atoms with Gasteiger partial charge in [-0.15, -0.1) is 0 Å². The van der Waals surface area contributed by atoms with Crippen LogP contribution < -0.4 is 19.5 Å². The van der Waals surface area contributed by atoms with E-state index in [4.69, 9.17) is 9.47 Å². The van der Waals surface area contributed by atoms with Crippen LogP contribution in [0.5, 0.6) is 11.5 Å². The van der Waals surface area contributed by atoms with E-state index >= 15 is 0 Å². The van der Waals surface area contributed by atoms with Crippen molar-refractivity contribution < 1.29 is 22.7 Å². The van der Waals surface area contributed by atoms with Gasteiger partial charge in [-0.2, -0.15) is 0 Å². The summed E-state index contributed by atoms with van der Waals surface area (Å²) in [5, 5.41) is 4.05. The molecule has 32 heavy (non-hydrogen) atoms. The smallest absolute Gasteiger partial charge is 0.240 e. The number of benzene rings is 2. The van der Waals surface area contributed by atoms with Crippen molar-refractivity contribution >= 4 is 26.8 Å². The molecule has 0 saturated carbocycles. The molecular weight excluding hydrogens is 430 g/mol. The average molecular weight is 458 g/mol. The number of amides is 1. The number of aromatic nitrogens is 1. The summed E-state index contributed by atoms with van der Waals surface area (Å²) in [6.07, 6.45) is 4.09. The van der Waals surface area contributed by atoms with Gasteiger partial charge in [-0.25, -0.2) is 13.1 Å². The highest BCUT2D eigenvalue weighted by Gasteiger charge is 2.18. The number of para-hydroxylation sites is 1. The molecule has 0 aliphatic carbocycles. The van der Waals surface area contributed by atoms with Crippen LogP contribution in [0.3, 0.4) is 0 Å². The van der Waals surface area contributed by atoms with Gasteiger partial charge in [0.25, 0.3) is 0 Å². The van der Waals surface area contributed by atoms with E-state index in [2.05, 4.69) is 21.1 Å². The maximum Gasteiger partial charge on any atom is 0.240 e. The Morgan fingerprint density at radius 1 is 1.03 bits per heavy atom. The molecule has 3 N–H and O–H groups in total. The number of carbonyl (C=O) groups excluding carboxylic acids is 1. The molecule has 1 aliphatic rings. The lowest BCUT2D eigenvalue weighted by molar-refractivity contribution is -0.121. The van der Waals surface area contributed by atoms with E-state index in [1.165, 1.54) is 12.1 Å². The Kier molecular flexibility index (Phi) is 6.96. The molecule has 9 heteroatoms. The lowest BCUT2D eigenvalue weighted by Gasteiger charge is -2.11. The van der Waals surface area contributed by atoms with Crippen molar-refractivity contribution in [2.45, 2.75) is 30.6 Å². The minimum Gasteiger partial charge on any atom is -0.490 e. The molecule has 4 rings (SSSR count). The Bertz CT molecular complexity index is 1190. The van der Waals surface area contributed by atoms with Gasteiger partial charge in [0, 0.05) is 49.1 Å². The van der Waals surface area contributed by atoms with E-state index < -0.39 is 10.0 Å². The third-order valence-corrected chi connectivity index (χ3v) is 6.75. The van der Waals surface area contributed by atoms with Gasteiger partial charge in [-0.05, 0) is 36.6 Å². The summed E-state index contributed by atoms with van der Waals surface area (Å²) < 4.78 is 38.7. The zero-order chi connectivity index (χ0) is 22.4. The number of fused-ring (bicyclic) bond motifs is 2. The van der Waals surface area contributed by atoms with Gasteiger partial charge in [0.2, 0.25) is 15.9 Å². The number of ether oxygens (including phenoxy) is 2. The molecule has 0 unspecified atom stereocenters. The van der Waals surface area contributed by atoms with Crippen LogP contribution in [-0.2, 0) is 21.2 Å². The fraction of sp³-hybridized carbons (Fsp3) is 0.348. The van der Waals surface area contributed by atoms with E-state index in [1.54, 1.807) is 6.07 Å². The lowest BCUT2D eigenvalue weighted by atomic mass is 10.1. The average Bonchev–Trinajstić information content (AvgIpc) is 3.05. The quantitative estimate of drug-likeness (QED) is 0.428. The predicted molar refractivity (Wildman–Crippen MR) is 121 cm³/mol. The fourth-order valence-corrected chi connectivity index (χ4v) is 4.70. The molecule has 170 valence electrons. The number of nitrogens with one attached hydrogen (secondary N) is 3. The van der Waals surface area contributed by atoms with E-state index in [0.29, 0.717) is 37.7 Å². The largest absolute Gasteiger partial charge is 0.490 e. The van der Waals surface area contributed by atoms with Crippen LogP contribution in [-0.4, -0.2) is 45.6 Å². The van der Waals surface area contributed by atoms with Gasteiger partial charge in [-0.3, -0.25) is 4.79 Å². The number of H-pyrrole nitrogens is 1. The molecule has 1 amide bonds. The van der Waals surface area contributed by atoms with Crippen LogP contribution in [0.15, 0.2) is 53.6 Å². The van der Waals surface area contributed by atoms with Crippen molar-refractivity contribution in [2.24, 2.45) is 0 Å². The molecule has 1 aromatic heterocycles. The third-order valence-electron chi connectivity index (χ3n) is 5.29. The normalized spacial score (nSPS) is 13.6. The Morgan fingerprint density at radius 2 is 1.84 bits per heavy atom. The molecule has 2 aromatic carbocycles. The highest BCUT2D eigenvalue weighted by molar-refractivity contribution is 7.89.